The molecule has 1 aliphatic heterocycles. The van der Waals surface area contributed by atoms with E-state index in [2.05, 4.69) is 20.9 Å². The maximum Gasteiger partial charge on any atom is 0.239 e. The highest BCUT2D eigenvalue weighted by atomic mass is 32.2. The van der Waals surface area contributed by atoms with Gasteiger partial charge in [-0.15, -0.1) is 0 Å². The summed E-state index contributed by atoms with van der Waals surface area (Å²) in [4.78, 5) is 30.0. The molecule has 266 valence electrons. The molecule has 1 saturated heterocycles. The van der Waals surface area contributed by atoms with Gasteiger partial charge in [0.2, 0.25) is 11.8 Å². The zero-order valence-electron chi connectivity index (χ0n) is 30.0. The Bertz CT molecular complexity index is 1490. The first kappa shape index (κ1) is 38.0. The minimum absolute atomic E-state index is 0.0299. The second kappa shape index (κ2) is 15.8. The first-order valence-corrected chi connectivity index (χ1v) is 19.4. The molecule has 2 aromatic rings. The van der Waals surface area contributed by atoms with E-state index in [1.165, 1.54) is 12.8 Å². The Morgan fingerprint density at radius 2 is 1.58 bits per heavy atom. The lowest BCUT2D eigenvalue weighted by molar-refractivity contribution is -0.133. The maximum atomic E-state index is 14.2. The minimum atomic E-state index is -3.68. The lowest BCUT2D eigenvalue weighted by Crippen LogP contribution is -2.63. The number of rotatable bonds is 13. The summed E-state index contributed by atoms with van der Waals surface area (Å²) in [6, 6.07) is 15.2. The molecule has 2 fully saturated rings. The molecular weight excluding hydrogens is 625 g/mol. The largest absolute Gasteiger partial charge is 0.390 e. The van der Waals surface area contributed by atoms with E-state index < -0.39 is 38.7 Å². The summed E-state index contributed by atoms with van der Waals surface area (Å²) in [5, 5.41) is 21.5. The third-order valence-electron chi connectivity index (χ3n) is 10.5. The van der Waals surface area contributed by atoms with Gasteiger partial charge in [0, 0.05) is 31.4 Å². The minimum Gasteiger partial charge on any atom is -0.390 e. The van der Waals surface area contributed by atoms with Crippen molar-refractivity contribution in [1.29, 1.82) is 0 Å². The Morgan fingerprint density at radius 1 is 0.958 bits per heavy atom. The van der Waals surface area contributed by atoms with Gasteiger partial charge in [-0.3, -0.25) is 14.5 Å². The molecule has 1 heterocycles. The zero-order valence-corrected chi connectivity index (χ0v) is 30.8. The van der Waals surface area contributed by atoms with Gasteiger partial charge in [0.25, 0.3) is 0 Å². The van der Waals surface area contributed by atoms with Gasteiger partial charge in [-0.25, -0.2) is 8.42 Å². The fourth-order valence-corrected chi connectivity index (χ4v) is 7.92. The number of aryl methyl sites for hydroxylation is 1. The van der Waals surface area contributed by atoms with E-state index in [9.17, 15) is 23.1 Å². The summed E-state index contributed by atoms with van der Waals surface area (Å²) >= 11 is 0. The summed E-state index contributed by atoms with van der Waals surface area (Å²) in [5.41, 5.74) is 2.54. The number of hydrogen-bond donors (Lipinski definition) is 4. The van der Waals surface area contributed by atoms with Crippen molar-refractivity contribution in [2.24, 2.45) is 11.8 Å². The van der Waals surface area contributed by atoms with Crippen LogP contribution in [0.4, 0.5) is 0 Å². The second-order valence-corrected chi connectivity index (χ2v) is 18.3. The van der Waals surface area contributed by atoms with Crippen LogP contribution in [0.25, 0.3) is 0 Å². The van der Waals surface area contributed by atoms with Gasteiger partial charge in [0.05, 0.1) is 22.9 Å². The monoisotopic (exact) mass is 682 g/mol. The summed E-state index contributed by atoms with van der Waals surface area (Å²) in [6.45, 7) is 12.3. The number of nitrogens with one attached hydrogen (secondary N) is 3. The number of piperidine rings is 1. The first-order chi connectivity index (χ1) is 22.5. The fraction of sp³-hybridized carbons (Fsp3) is 0.632. The number of aliphatic hydroxyl groups excluding tert-OH is 1. The summed E-state index contributed by atoms with van der Waals surface area (Å²) < 4.78 is 24.7. The highest BCUT2D eigenvalue weighted by Gasteiger charge is 2.45. The highest BCUT2D eigenvalue weighted by Crippen LogP contribution is 2.39. The van der Waals surface area contributed by atoms with E-state index in [1.807, 2.05) is 82.3 Å². The number of benzene rings is 2. The molecule has 2 amide bonds. The molecule has 48 heavy (non-hydrogen) atoms. The molecule has 6 atom stereocenters. The van der Waals surface area contributed by atoms with Crippen molar-refractivity contribution in [2.45, 2.75) is 121 Å². The van der Waals surface area contributed by atoms with Gasteiger partial charge < -0.3 is 21.1 Å². The predicted molar refractivity (Wildman–Crippen MR) is 192 cm³/mol. The Labute approximate surface area is 288 Å². The summed E-state index contributed by atoms with van der Waals surface area (Å²) in [6.07, 6.45) is 5.83. The second-order valence-electron chi connectivity index (χ2n) is 15.7. The van der Waals surface area contributed by atoms with E-state index in [1.54, 1.807) is 13.8 Å². The molecule has 1 aliphatic carbocycles. The number of carbonyl (C=O) groups excluding carboxylic acids is 2. The van der Waals surface area contributed by atoms with Gasteiger partial charge in [-0.2, -0.15) is 0 Å². The molecule has 6 unspecified atom stereocenters. The molecule has 1 saturated carbocycles. The van der Waals surface area contributed by atoms with Crippen molar-refractivity contribution >= 4 is 21.7 Å². The van der Waals surface area contributed by atoms with Crippen molar-refractivity contribution < 1.29 is 23.1 Å². The van der Waals surface area contributed by atoms with Crippen molar-refractivity contribution in [1.82, 2.24) is 20.9 Å². The van der Waals surface area contributed by atoms with Crippen LogP contribution in [0.2, 0.25) is 0 Å². The van der Waals surface area contributed by atoms with Gasteiger partial charge in [-0.05, 0) is 89.3 Å². The number of fused-ring (bicyclic) bond motifs is 1. The summed E-state index contributed by atoms with van der Waals surface area (Å²) in [5.74, 6) is 0.433. The van der Waals surface area contributed by atoms with Gasteiger partial charge in [0.15, 0.2) is 9.84 Å². The number of β-amino-alcohol motifs (C(OH)–C–C–N with tert-alkyl or cyclic N) is 1. The number of carbonyl (C=O) groups is 2. The molecule has 2 aromatic carbocycles. The number of likely N-dealkylation sites (tertiary alicyclic amines) is 1. The van der Waals surface area contributed by atoms with Crippen LogP contribution in [0.5, 0.6) is 0 Å². The molecule has 10 heteroatoms. The van der Waals surface area contributed by atoms with E-state index in [4.69, 9.17) is 0 Å². The first-order valence-electron chi connectivity index (χ1n) is 17.5. The average Bonchev–Trinajstić information content (AvgIpc) is 3.00. The quantitative estimate of drug-likeness (QED) is 0.250. The van der Waals surface area contributed by atoms with Crippen LogP contribution in [0, 0.1) is 18.8 Å². The van der Waals surface area contributed by atoms with Gasteiger partial charge in [-0.1, -0.05) is 73.9 Å². The smallest absolute Gasteiger partial charge is 0.239 e. The SMILES string of the molecule is Cc1ccccc1CNC(C(=O)NC(Cc1ccccc1)C(O)CN1CC2CCCCC2CC1C(=O)NC(C)(C)C)C(C)(C)S(C)(=O)=O. The fourth-order valence-electron chi connectivity index (χ4n) is 7.30. The number of hydrogen-bond acceptors (Lipinski definition) is 7. The zero-order chi connectivity index (χ0) is 35.3. The lowest BCUT2D eigenvalue weighted by Gasteiger charge is -2.47. The average molecular weight is 683 g/mol. The third-order valence-corrected chi connectivity index (χ3v) is 12.6. The summed E-state index contributed by atoms with van der Waals surface area (Å²) in [7, 11) is -3.68. The predicted octanol–water partition coefficient (Wildman–Crippen LogP) is 4.16. The molecule has 0 bridgehead atoms. The van der Waals surface area contributed by atoms with E-state index in [-0.39, 0.29) is 24.0 Å². The third kappa shape index (κ3) is 9.89. The van der Waals surface area contributed by atoms with Crippen LogP contribution < -0.4 is 16.0 Å². The van der Waals surface area contributed by atoms with E-state index in [0.717, 1.165) is 48.8 Å². The Balaban J connectivity index is 1.61. The van der Waals surface area contributed by atoms with Crippen LogP contribution in [-0.2, 0) is 32.4 Å². The normalized spacial score (nSPS) is 22.6. The van der Waals surface area contributed by atoms with Gasteiger partial charge >= 0.3 is 0 Å². The van der Waals surface area contributed by atoms with Gasteiger partial charge in [0.1, 0.15) is 6.04 Å². The van der Waals surface area contributed by atoms with Crippen molar-refractivity contribution in [2.75, 3.05) is 19.3 Å². The van der Waals surface area contributed by atoms with E-state index in [0.29, 0.717) is 24.8 Å². The van der Waals surface area contributed by atoms with Crippen molar-refractivity contribution in [3.63, 3.8) is 0 Å². The van der Waals surface area contributed by atoms with Crippen LogP contribution in [-0.4, -0.2) is 84.1 Å². The Kier molecular flexibility index (Phi) is 12.5. The number of aliphatic hydroxyl groups is 1. The maximum absolute atomic E-state index is 14.2. The molecule has 4 rings (SSSR count). The number of nitrogens with zero attached hydrogens (tertiary/aromatic N) is 1. The van der Waals surface area contributed by atoms with Crippen molar-refractivity contribution in [3.05, 3.63) is 71.3 Å². The highest BCUT2D eigenvalue weighted by molar-refractivity contribution is 7.92. The van der Waals surface area contributed by atoms with Crippen LogP contribution in [0.15, 0.2) is 54.6 Å². The van der Waals surface area contributed by atoms with Crippen LogP contribution >= 0.6 is 0 Å². The molecule has 4 N–H and O–H groups in total. The Morgan fingerprint density at radius 3 is 2.21 bits per heavy atom. The number of sulfone groups is 1. The van der Waals surface area contributed by atoms with E-state index >= 15 is 0 Å². The molecule has 2 aliphatic rings. The standard InChI is InChI=1S/C38H58N4O5S/c1-26-15-11-12-19-29(26)23-39-34(38(5,6)48(7,46)47)36(45)40-31(21-27-16-9-8-10-17-27)33(43)25-42-24-30-20-14-13-18-28(30)22-32(42)35(44)41-37(2,3)4/h8-12,15-17,19,28,30-34,39,43H,13-14,18,20-25H2,1-7H3,(H,40,45)(H,41,44). The molecule has 0 aromatic heterocycles. The lowest BCUT2D eigenvalue weighted by atomic mass is 9.72. The molecular formula is C38H58N4O5S. The Hall–Kier alpha value is -2.79. The van der Waals surface area contributed by atoms with Crippen LogP contribution in [0.3, 0.4) is 0 Å². The molecule has 0 radical (unpaired) electrons. The van der Waals surface area contributed by atoms with Crippen LogP contribution in [0.1, 0.15) is 83.4 Å². The van der Waals surface area contributed by atoms with Crippen molar-refractivity contribution in [3.8, 4) is 0 Å². The molecule has 0 spiro atoms. The topological polar surface area (TPSA) is 128 Å². The number of amides is 2. The molecule has 9 nitrogen and oxygen atoms in total.